The summed E-state index contributed by atoms with van der Waals surface area (Å²) in [5, 5.41) is 9.96. The van der Waals surface area contributed by atoms with Gasteiger partial charge in [-0.05, 0) is 44.9 Å². The third kappa shape index (κ3) is 17.7. The maximum atomic E-state index is 9.96. The predicted octanol–water partition coefficient (Wildman–Crippen LogP) is 8.07. The lowest BCUT2D eigenvalue weighted by atomic mass is 9.83. The minimum Gasteiger partial charge on any atom is -0.393 e. The Morgan fingerprint density at radius 1 is 0.679 bits per heavy atom. The molecule has 0 spiro atoms. The van der Waals surface area contributed by atoms with Gasteiger partial charge in [0, 0.05) is 5.54 Å². The smallest absolute Gasteiger partial charge is 0.0574 e. The van der Waals surface area contributed by atoms with E-state index in [0.29, 0.717) is 0 Å². The molecule has 0 fully saturated rings. The van der Waals surface area contributed by atoms with Crippen LogP contribution in [-0.4, -0.2) is 16.7 Å². The summed E-state index contributed by atoms with van der Waals surface area (Å²) < 4.78 is 0. The van der Waals surface area contributed by atoms with Gasteiger partial charge >= 0.3 is 0 Å². The lowest BCUT2D eigenvalue weighted by molar-refractivity contribution is 0.163. The Morgan fingerprint density at radius 3 is 1.86 bits per heavy atom. The zero-order valence-electron chi connectivity index (χ0n) is 19.7. The summed E-state index contributed by atoms with van der Waals surface area (Å²) in [4.78, 5) is 0. The van der Waals surface area contributed by atoms with Gasteiger partial charge < -0.3 is 10.8 Å². The molecule has 0 saturated heterocycles. The van der Waals surface area contributed by atoms with Crippen molar-refractivity contribution in [1.29, 1.82) is 0 Å². The molecule has 0 saturated carbocycles. The number of hydrogen-bond donors (Lipinski definition) is 2. The highest BCUT2D eigenvalue weighted by Gasteiger charge is 2.22. The molecule has 1 atom stereocenters. The molecule has 28 heavy (non-hydrogen) atoms. The van der Waals surface area contributed by atoms with E-state index in [-0.39, 0.29) is 11.6 Å². The second kappa shape index (κ2) is 20.0. The fourth-order valence-electron chi connectivity index (χ4n) is 4.00. The van der Waals surface area contributed by atoms with Crippen molar-refractivity contribution in [3.8, 4) is 0 Å². The van der Waals surface area contributed by atoms with E-state index >= 15 is 0 Å². The van der Waals surface area contributed by atoms with Crippen LogP contribution in [0.1, 0.15) is 143 Å². The molecule has 0 aliphatic rings. The van der Waals surface area contributed by atoms with Crippen LogP contribution in [0.5, 0.6) is 0 Å². The molecule has 0 amide bonds. The predicted molar refractivity (Wildman–Crippen MR) is 127 cm³/mol. The van der Waals surface area contributed by atoms with E-state index < -0.39 is 0 Å². The first-order valence-electron chi connectivity index (χ1n) is 12.7. The van der Waals surface area contributed by atoms with Gasteiger partial charge in [0.05, 0.1) is 6.10 Å². The largest absolute Gasteiger partial charge is 0.393 e. The minimum absolute atomic E-state index is 0.103. The molecule has 0 aromatic heterocycles. The van der Waals surface area contributed by atoms with Gasteiger partial charge in [-0.3, -0.25) is 0 Å². The highest BCUT2D eigenvalue weighted by Crippen LogP contribution is 2.25. The summed E-state index contributed by atoms with van der Waals surface area (Å²) in [5.74, 6) is 0. The Hall–Kier alpha value is -0.340. The molecular weight excluding hydrogens is 342 g/mol. The molecule has 168 valence electrons. The van der Waals surface area contributed by atoms with Crippen molar-refractivity contribution in [2.45, 2.75) is 154 Å². The van der Waals surface area contributed by atoms with E-state index in [1.165, 1.54) is 103 Å². The molecule has 0 aromatic carbocycles. The van der Waals surface area contributed by atoms with Gasteiger partial charge in [0.15, 0.2) is 0 Å². The van der Waals surface area contributed by atoms with E-state index in [9.17, 15) is 5.11 Å². The summed E-state index contributed by atoms with van der Waals surface area (Å²) in [6, 6.07) is 0. The molecule has 0 rings (SSSR count). The van der Waals surface area contributed by atoms with Gasteiger partial charge in [0.1, 0.15) is 0 Å². The van der Waals surface area contributed by atoms with Crippen LogP contribution < -0.4 is 5.73 Å². The first-order valence-corrected chi connectivity index (χ1v) is 12.7. The molecule has 2 heteroatoms. The standard InChI is InChI=1S/C26H53NO/c1-4-7-10-17-20-25(28)21-18-15-13-11-12-14-16-19-24-26(27,22-8-5-2)23-9-6-3/h15,18,25,28H,4-14,16-17,19-24,27H2,1-3H3/t25-/m1/s1. The lowest BCUT2D eigenvalue weighted by Crippen LogP contribution is -2.39. The number of unbranched alkanes of at least 4 members (excludes halogenated alkanes) is 10. The Labute approximate surface area is 177 Å². The molecule has 3 N–H and O–H groups in total. The first kappa shape index (κ1) is 27.7. The summed E-state index contributed by atoms with van der Waals surface area (Å²) in [5.41, 5.74) is 6.81. The summed E-state index contributed by atoms with van der Waals surface area (Å²) in [7, 11) is 0. The van der Waals surface area contributed by atoms with Crippen LogP contribution >= 0.6 is 0 Å². The Balaban J connectivity index is 3.63. The maximum absolute atomic E-state index is 9.96. The van der Waals surface area contributed by atoms with Crippen LogP contribution in [0.15, 0.2) is 12.2 Å². The second-order valence-corrected chi connectivity index (χ2v) is 9.09. The number of nitrogens with two attached hydrogens (primary N) is 1. The SMILES string of the molecule is CCCCCC[C@@H](O)CC=CCCCCCCCC(N)(CCCC)CCCC. The van der Waals surface area contributed by atoms with Gasteiger partial charge in [-0.25, -0.2) is 0 Å². The van der Waals surface area contributed by atoms with Crippen LogP contribution in [0.25, 0.3) is 0 Å². The van der Waals surface area contributed by atoms with E-state index in [1.807, 2.05) is 0 Å². The topological polar surface area (TPSA) is 46.2 Å². The quantitative estimate of drug-likeness (QED) is 0.152. The highest BCUT2D eigenvalue weighted by molar-refractivity contribution is 4.85. The van der Waals surface area contributed by atoms with Gasteiger partial charge in [-0.15, -0.1) is 0 Å². The maximum Gasteiger partial charge on any atom is 0.0574 e. The number of hydrogen-bond acceptors (Lipinski definition) is 2. The summed E-state index contributed by atoms with van der Waals surface area (Å²) in [6.45, 7) is 6.76. The molecule has 0 radical (unpaired) electrons. The Morgan fingerprint density at radius 2 is 1.21 bits per heavy atom. The fourth-order valence-corrected chi connectivity index (χ4v) is 4.00. The van der Waals surface area contributed by atoms with Crippen molar-refractivity contribution in [3.05, 3.63) is 12.2 Å². The van der Waals surface area contributed by atoms with E-state index in [1.54, 1.807) is 0 Å². The molecule has 0 aromatic rings. The van der Waals surface area contributed by atoms with Gasteiger partial charge in [0.25, 0.3) is 0 Å². The van der Waals surface area contributed by atoms with Crippen molar-refractivity contribution in [1.82, 2.24) is 0 Å². The van der Waals surface area contributed by atoms with Crippen LogP contribution in [0.4, 0.5) is 0 Å². The number of aliphatic hydroxyl groups is 1. The van der Waals surface area contributed by atoms with Gasteiger partial charge in [-0.2, -0.15) is 0 Å². The zero-order chi connectivity index (χ0) is 20.9. The molecule has 0 aliphatic heterocycles. The number of allylic oxidation sites excluding steroid dienone is 1. The molecular formula is C26H53NO. The molecule has 0 unspecified atom stereocenters. The van der Waals surface area contributed by atoms with Gasteiger partial charge in [0.2, 0.25) is 0 Å². The minimum atomic E-state index is -0.134. The zero-order valence-corrected chi connectivity index (χ0v) is 19.7. The van der Waals surface area contributed by atoms with Crippen molar-refractivity contribution < 1.29 is 5.11 Å². The lowest BCUT2D eigenvalue weighted by Gasteiger charge is -2.30. The van der Waals surface area contributed by atoms with Crippen LogP contribution in [-0.2, 0) is 0 Å². The highest BCUT2D eigenvalue weighted by atomic mass is 16.3. The van der Waals surface area contributed by atoms with E-state index in [4.69, 9.17) is 5.73 Å². The summed E-state index contributed by atoms with van der Waals surface area (Å²) in [6.07, 6.45) is 27.6. The average molecular weight is 396 g/mol. The molecule has 0 heterocycles. The monoisotopic (exact) mass is 395 g/mol. The molecule has 0 bridgehead atoms. The molecule has 2 nitrogen and oxygen atoms in total. The number of aliphatic hydroxyl groups excluding tert-OH is 1. The van der Waals surface area contributed by atoms with E-state index in [0.717, 1.165) is 19.3 Å². The van der Waals surface area contributed by atoms with Crippen molar-refractivity contribution in [2.24, 2.45) is 5.73 Å². The molecule has 0 aliphatic carbocycles. The van der Waals surface area contributed by atoms with E-state index in [2.05, 4.69) is 32.9 Å². The third-order valence-corrected chi connectivity index (χ3v) is 6.07. The Bertz CT molecular complexity index is 331. The normalized spacial score (nSPS) is 13.5. The second-order valence-electron chi connectivity index (χ2n) is 9.09. The number of rotatable bonds is 21. The van der Waals surface area contributed by atoms with Crippen LogP contribution in [0.2, 0.25) is 0 Å². The average Bonchev–Trinajstić information content (AvgIpc) is 2.69. The van der Waals surface area contributed by atoms with Crippen molar-refractivity contribution in [2.75, 3.05) is 0 Å². The van der Waals surface area contributed by atoms with Crippen molar-refractivity contribution in [3.63, 3.8) is 0 Å². The third-order valence-electron chi connectivity index (χ3n) is 6.07. The Kier molecular flexibility index (Phi) is 19.7. The summed E-state index contributed by atoms with van der Waals surface area (Å²) >= 11 is 0. The fraction of sp³-hybridized carbons (Fsp3) is 0.923. The van der Waals surface area contributed by atoms with Crippen LogP contribution in [0, 0.1) is 0 Å². The first-order chi connectivity index (χ1) is 13.6. The van der Waals surface area contributed by atoms with Gasteiger partial charge in [-0.1, -0.05) is 110 Å². The van der Waals surface area contributed by atoms with Crippen LogP contribution in [0.3, 0.4) is 0 Å². The van der Waals surface area contributed by atoms with Crippen molar-refractivity contribution >= 4 is 0 Å².